The molecule has 0 N–H and O–H groups in total. The first-order valence-corrected chi connectivity index (χ1v) is 7.30. The van der Waals surface area contributed by atoms with E-state index in [-0.39, 0.29) is 29.1 Å². The lowest BCUT2D eigenvalue weighted by Gasteiger charge is -2.17. The summed E-state index contributed by atoms with van der Waals surface area (Å²) in [7, 11) is 0. The monoisotopic (exact) mass is 292 g/mol. The Morgan fingerprint density at radius 2 is 1.81 bits per heavy atom. The minimum absolute atomic E-state index is 0.159. The Hall–Kier alpha value is -1.84. The van der Waals surface area contributed by atoms with Crippen molar-refractivity contribution in [2.24, 2.45) is 5.41 Å². The summed E-state index contributed by atoms with van der Waals surface area (Å²) in [5.74, 6) is -0.549. The average Bonchev–Trinajstić information content (AvgIpc) is 2.37. The zero-order valence-corrected chi connectivity index (χ0v) is 13.3. The summed E-state index contributed by atoms with van der Waals surface area (Å²) in [5, 5.41) is 0. The molecule has 116 valence electrons. The van der Waals surface area contributed by atoms with Crippen LogP contribution in [0.4, 0.5) is 0 Å². The van der Waals surface area contributed by atoms with Gasteiger partial charge < -0.3 is 9.47 Å². The quantitative estimate of drug-likeness (QED) is 0.452. The molecule has 4 heteroatoms. The number of carbonyl (C=O) groups is 2. The molecule has 1 rings (SSSR count). The lowest BCUT2D eigenvalue weighted by Crippen LogP contribution is -2.19. The lowest BCUT2D eigenvalue weighted by molar-refractivity contribution is -0.136. The molecule has 0 unspecified atom stereocenters. The van der Waals surface area contributed by atoms with Crippen molar-refractivity contribution in [2.45, 2.75) is 47.0 Å². The molecule has 4 nitrogen and oxygen atoms in total. The maximum atomic E-state index is 12.0. The number of rotatable bonds is 6. The van der Waals surface area contributed by atoms with Crippen LogP contribution in [0.3, 0.4) is 0 Å². The highest BCUT2D eigenvalue weighted by Crippen LogP contribution is 2.23. The summed E-state index contributed by atoms with van der Waals surface area (Å²) in [5.41, 5.74) is 0.129. The molecular weight excluding hydrogens is 268 g/mol. The molecular formula is C17H24O4. The summed E-state index contributed by atoms with van der Waals surface area (Å²) in [6.07, 6.45) is 2.05. The van der Waals surface area contributed by atoms with Crippen LogP contribution < -0.4 is 4.74 Å². The van der Waals surface area contributed by atoms with Crippen molar-refractivity contribution in [1.29, 1.82) is 0 Å². The molecule has 0 fully saturated rings. The first kappa shape index (κ1) is 17.2. The van der Waals surface area contributed by atoms with Crippen molar-refractivity contribution in [2.75, 3.05) is 6.61 Å². The average molecular weight is 292 g/mol. The molecule has 0 aromatic heterocycles. The molecule has 0 amide bonds. The highest BCUT2D eigenvalue weighted by molar-refractivity contribution is 5.93. The molecule has 0 heterocycles. The molecule has 0 bridgehead atoms. The van der Waals surface area contributed by atoms with Crippen molar-refractivity contribution in [3.05, 3.63) is 29.8 Å². The summed E-state index contributed by atoms with van der Waals surface area (Å²) >= 11 is 0. The minimum atomic E-state index is -0.456. The predicted molar refractivity (Wildman–Crippen MR) is 81.3 cm³/mol. The Morgan fingerprint density at radius 3 is 2.43 bits per heavy atom. The van der Waals surface area contributed by atoms with Crippen LogP contribution in [0.15, 0.2) is 24.3 Å². The van der Waals surface area contributed by atoms with Gasteiger partial charge in [-0.25, -0.2) is 4.79 Å². The fourth-order valence-corrected chi connectivity index (χ4v) is 1.70. The maximum absolute atomic E-state index is 12.0. The van der Waals surface area contributed by atoms with Gasteiger partial charge in [0.05, 0.1) is 13.0 Å². The van der Waals surface area contributed by atoms with Crippen molar-refractivity contribution in [1.82, 2.24) is 0 Å². The van der Waals surface area contributed by atoms with E-state index in [2.05, 4.69) is 0 Å². The summed E-state index contributed by atoms with van der Waals surface area (Å²) in [6.45, 7) is 8.27. The van der Waals surface area contributed by atoms with Crippen LogP contribution in [0.25, 0.3) is 0 Å². The summed E-state index contributed by atoms with van der Waals surface area (Å²) < 4.78 is 10.5. The van der Waals surface area contributed by atoms with Crippen molar-refractivity contribution >= 4 is 11.9 Å². The first-order chi connectivity index (χ1) is 9.83. The second-order valence-corrected chi connectivity index (χ2v) is 6.20. The molecule has 0 aliphatic rings. The maximum Gasteiger partial charge on any atom is 0.341 e. The van der Waals surface area contributed by atoms with Crippen molar-refractivity contribution in [3.63, 3.8) is 0 Å². The first-order valence-electron chi connectivity index (χ1n) is 7.30. The zero-order valence-electron chi connectivity index (χ0n) is 13.3. The molecule has 0 saturated carbocycles. The fourth-order valence-electron chi connectivity index (χ4n) is 1.70. The van der Waals surface area contributed by atoms with E-state index in [9.17, 15) is 9.59 Å². The van der Waals surface area contributed by atoms with Crippen LogP contribution in [0.2, 0.25) is 0 Å². The number of ether oxygens (including phenoxy) is 2. The van der Waals surface area contributed by atoms with Gasteiger partial charge in [0.25, 0.3) is 0 Å². The number of carbonyl (C=O) groups excluding carboxylic acids is 2. The molecule has 0 aliphatic carbocycles. The summed E-state index contributed by atoms with van der Waals surface area (Å²) in [6, 6.07) is 6.66. The van der Waals surface area contributed by atoms with E-state index in [0.717, 1.165) is 12.8 Å². The van der Waals surface area contributed by atoms with E-state index in [1.54, 1.807) is 24.3 Å². The normalized spacial score (nSPS) is 11.0. The number of para-hydroxylation sites is 1. The van der Waals surface area contributed by atoms with Gasteiger partial charge in [-0.15, -0.1) is 0 Å². The van der Waals surface area contributed by atoms with Gasteiger partial charge in [0, 0.05) is 0 Å². The van der Waals surface area contributed by atoms with Gasteiger partial charge in [0.15, 0.2) is 0 Å². The van der Waals surface area contributed by atoms with Crippen molar-refractivity contribution < 1.29 is 19.1 Å². The molecule has 0 saturated heterocycles. The predicted octanol–water partition coefficient (Wildman–Crippen LogP) is 3.99. The third kappa shape index (κ3) is 6.43. The molecule has 21 heavy (non-hydrogen) atoms. The standard InChI is InChI=1S/C17H24O4/c1-5-6-11-20-16(19)13-9-7-8-10-14(13)21-15(18)12-17(2,3)4/h7-10H,5-6,11-12H2,1-4H3. The second-order valence-electron chi connectivity index (χ2n) is 6.20. The number of hydrogen-bond donors (Lipinski definition) is 0. The zero-order chi connectivity index (χ0) is 15.9. The van der Waals surface area contributed by atoms with Crippen LogP contribution in [0.1, 0.15) is 57.3 Å². The Kier molecular flexibility index (Phi) is 6.40. The Bertz CT molecular complexity index is 486. The van der Waals surface area contributed by atoms with Gasteiger partial charge in [0.2, 0.25) is 0 Å². The molecule has 0 atom stereocenters. The van der Waals surface area contributed by atoms with Gasteiger partial charge in [-0.1, -0.05) is 46.2 Å². The van der Waals surface area contributed by atoms with E-state index in [1.165, 1.54) is 0 Å². The molecule has 1 aromatic rings. The van der Waals surface area contributed by atoms with E-state index in [4.69, 9.17) is 9.47 Å². The van der Waals surface area contributed by atoms with Gasteiger partial charge >= 0.3 is 11.9 Å². The molecule has 0 radical (unpaired) electrons. The Labute approximate surface area is 126 Å². The highest BCUT2D eigenvalue weighted by atomic mass is 16.5. The smallest absolute Gasteiger partial charge is 0.341 e. The molecule has 1 aromatic carbocycles. The van der Waals surface area contributed by atoms with E-state index < -0.39 is 5.97 Å². The third-order valence-electron chi connectivity index (χ3n) is 2.74. The Balaban J connectivity index is 2.75. The highest BCUT2D eigenvalue weighted by Gasteiger charge is 2.20. The van der Waals surface area contributed by atoms with Crippen LogP contribution >= 0.6 is 0 Å². The number of esters is 2. The Morgan fingerprint density at radius 1 is 1.14 bits per heavy atom. The van der Waals surface area contributed by atoms with Gasteiger partial charge in [-0.2, -0.15) is 0 Å². The lowest BCUT2D eigenvalue weighted by atomic mass is 9.92. The minimum Gasteiger partial charge on any atom is -0.462 e. The van der Waals surface area contributed by atoms with Crippen LogP contribution in [0, 0.1) is 5.41 Å². The topological polar surface area (TPSA) is 52.6 Å². The van der Waals surface area contributed by atoms with Crippen molar-refractivity contribution in [3.8, 4) is 5.75 Å². The molecule has 0 spiro atoms. The molecule has 0 aliphatic heterocycles. The van der Waals surface area contributed by atoms with Gasteiger partial charge in [-0.05, 0) is 24.0 Å². The van der Waals surface area contributed by atoms with Crippen LogP contribution in [-0.2, 0) is 9.53 Å². The van der Waals surface area contributed by atoms with E-state index in [0.29, 0.717) is 6.61 Å². The van der Waals surface area contributed by atoms with Crippen LogP contribution in [0.5, 0.6) is 5.75 Å². The number of unbranched alkanes of at least 4 members (excludes halogenated alkanes) is 1. The third-order valence-corrected chi connectivity index (χ3v) is 2.74. The fraction of sp³-hybridized carbons (Fsp3) is 0.529. The number of hydrogen-bond acceptors (Lipinski definition) is 4. The second kappa shape index (κ2) is 7.81. The van der Waals surface area contributed by atoms with Crippen LogP contribution in [-0.4, -0.2) is 18.5 Å². The summed E-state index contributed by atoms with van der Waals surface area (Å²) in [4.78, 5) is 23.9. The SMILES string of the molecule is CCCCOC(=O)c1ccccc1OC(=O)CC(C)(C)C. The van der Waals surface area contributed by atoms with E-state index >= 15 is 0 Å². The van der Waals surface area contributed by atoms with Gasteiger partial charge in [-0.3, -0.25) is 4.79 Å². The van der Waals surface area contributed by atoms with E-state index in [1.807, 2.05) is 27.7 Å². The van der Waals surface area contributed by atoms with Gasteiger partial charge in [0.1, 0.15) is 11.3 Å². The number of benzene rings is 1. The largest absolute Gasteiger partial charge is 0.462 e.